The fraction of sp³-hybridized carbons (Fsp3) is 0.100. The maximum Gasteiger partial charge on any atom is 0.505 e. The molecule has 0 unspecified atom stereocenters. The van der Waals surface area contributed by atoms with Gasteiger partial charge in [0.15, 0.2) is 5.58 Å². The highest BCUT2D eigenvalue weighted by molar-refractivity contribution is 7.99. The van der Waals surface area contributed by atoms with E-state index in [1.165, 1.54) is 0 Å². The zero-order chi connectivity index (χ0) is 12.5. The highest BCUT2D eigenvalue weighted by Crippen LogP contribution is 2.28. The number of para-hydroxylation sites is 2. The van der Waals surface area contributed by atoms with Crippen LogP contribution in [0, 0.1) is 0 Å². The van der Waals surface area contributed by atoms with Crippen molar-refractivity contribution in [3.05, 3.63) is 36.3 Å². The molecule has 2 nitrogen and oxygen atoms in total. The minimum absolute atomic E-state index is 0.229. The van der Waals surface area contributed by atoms with Crippen LogP contribution in [0.15, 0.2) is 46.0 Å². The summed E-state index contributed by atoms with van der Waals surface area (Å²) in [5.41, 5.74) is 0.466. The SMILES string of the molecule is C=C(CSc1nc2ccccc2o1)[B-](F)(F)F. The summed E-state index contributed by atoms with van der Waals surface area (Å²) in [6, 6.07) is 7.02. The molecule has 0 aliphatic rings. The second-order valence-electron chi connectivity index (χ2n) is 3.47. The van der Waals surface area contributed by atoms with Crippen LogP contribution in [0.3, 0.4) is 0 Å². The lowest BCUT2D eigenvalue weighted by atomic mass is 9.82. The van der Waals surface area contributed by atoms with E-state index in [-0.39, 0.29) is 11.0 Å². The van der Waals surface area contributed by atoms with Gasteiger partial charge in [-0.1, -0.05) is 23.9 Å². The summed E-state index contributed by atoms with van der Waals surface area (Å²) in [4.78, 5) is 4.06. The Labute approximate surface area is 100.0 Å². The Morgan fingerprint density at radius 1 is 1.35 bits per heavy atom. The van der Waals surface area contributed by atoms with Crippen LogP contribution < -0.4 is 0 Å². The molecule has 0 N–H and O–H groups in total. The van der Waals surface area contributed by atoms with Gasteiger partial charge in [-0.05, 0) is 17.9 Å². The van der Waals surface area contributed by atoms with Gasteiger partial charge in [0.1, 0.15) is 5.52 Å². The van der Waals surface area contributed by atoms with Crippen LogP contribution in [0.4, 0.5) is 12.9 Å². The van der Waals surface area contributed by atoms with Gasteiger partial charge in [-0.2, -0.15) is 0 Å². The van der Waals surface area contributed by atoms with Crippen LogP contribution in [0.1, 0.15) is 0 Å². The van der Waals surface area contributed by atoms with Crippen molar-refractivity contribution in [1.29, 1.82) is 0 Å². The summed E-state index contributed by atoms with van der Waals surface area (Å²) in [7, 11) is 0. The summed E-state index contributed by atoms with van der Waals surface area (Å²) in [6.45, 7) is -1.97. The van der Waals surface area contributed by atoms with E-state index >= 15 is 0 Å². The second-order valence-corrected chi connectivity index (χ2v) is 4.40. The predicted molar refractivity (Wildman–Crippen MR) is 63.0 cm³/mol. The Hall–Kier alpha value is -1.37. The third kappa shape index (κ3) is 2.85. The topological polar surface area (TPSA) is 26.0 Å². The summed E-state index contributed by atoms with van der Waals surface area (Å²) in [5, 5.41) is 0.229. The first-order valence-corrected chi connectivity index (χ1v) is 5.81. The van der Waals surface area contributed by atoms with Crippen molar-refractivity contribution >= 4 is 29.8 Å². The number of hydrogen-bond acceptors (Lipinski definition) is 3. The molecular formula is C10H8BF3NOS-. The van der Waals surface area contributed by atoms with Crippen LogP contribution in [0.2, 0.25) is 0 Å². The number of thioether (sulfide) groups is 1. The monoisotopic (exact) mass is 258 g/mol. The van der Waals surface area contributed by atoms with Crippen LogP contribution in [0.25, 0.3) is 11.1 Å². The number of benzene rings is 1. The van der Waals surface area contributed by atoms with Gasteiger partial charge in [0.05, 0.1) is 0 Å². The summed E-state index contributed by atoms with van der Waals surface area (Å²) in [6.07, 6.45) is 0. The fourth-order valence-corrected chi connectivity index (χ4v) is 1.97. The molecule has 1 heterocycles. The lowest BCUT2D eigenvalue weighted by Gasteiger charge is -2.16. The molecule has 0 aliphatic heterocycles. The molecule has 0 spiro atoms. The molecule has 2 aromatic rings. The van der Waals surface area contributed by atoms with E-state index in [4.69, 9.17) is 4.42 Å². The van der Waals surface area contributed by atoms with Gasteiger partial charge in [-0.25, -0.2) is 4.98 Å². The molecule has 7 heteroatoms. The number of oxazole rings is 1. The van der Waals surface area contributed by atoms with Gasteiger partial charge in [0, 0.05) is 0 Å². The molecule has 0 bridgehead atoms. The number of aromatic nitrogens is 1. The van der Waals surface area contributed by atoms with Crippen molar-refractivity contribution in [2.24, 2.45) is 0 Å². The Kier molecular flexibility index (Phi) is 3.19. The first-order valence-electron chi connectivity index (χ1n) is 4.83. The molecule has 0 radical (unpaired) electrons. The molecule has 0 saturated carbocycles. The molecule has 90 valence electrons. The van der Waals surface area contributed by atoms with E-state index in [1.54, 1.807) is 24.3 Å². The first kappa shape index (κ1) is 12.1. The molecule has 0 amide bonds. The van der Waals surface area contributed by atoms with Gasteiger partial charge < -0.3 is 17.4 Å². The number of hydrogen-bond donors (Lipinski definition) is 0. The van der Waals surface area contributed by atoms with Crippen molar-refractivity contribution < 1.29 is 17.4 Å². The van der Waals surface area contributed by atoms with E-state index in [9.17, 15) is 12.9 Å². The maximum absolute atomic E-state index is 12.3. The predicted octanol–water partition coefficient (Wildman–Crippen LogP) is 3.86. The molecule has 1 aromatic heterocycles. The molecule has 0 saturated heterocycles. The zero-order valence-corrected chi connectivity index (χ0v) is 9.52. The smallest absolute Gasteiger partial charge is 0.445 e. The second kappa shape index (κ2) is 4.48. The van der Waals surface area contributed by atoms with Crippen molar-refractivity contribution in [1.82, 2.24) is 4.98 Å². The van der Waals surface area contributed by atoms with E-state index in [0.717, 1.165) is 11.8 Å². The Bertz CT molecular complexity index is 519. The molecule has 0 aliphatic carbocycles. The van der Waals surface area contributed by atoms with E-state index in [1.807, 2.05) is 0 Å². The number of fused-ring (bicyclic) bond motifs is 1. The van der Waals surface area contributed by atoms with Gasteiger partial charge >= 0.3 is 6.98 Å². The standard InChI is InChI=1S/C10H8BF3NOS/c1-7(11(12,13)14)6-17-10-15-8-4-2-3-5-9(8)16-10/h2-5H,1,6H2/q-1. The van der Waals surface area contributed by atoms with Crippen LogP contribution in [0.5, 0.6) is 0 Å². The summed E-state index contributed by atoms with van der Waals surface area (Å²) in [5.74, 6) is -0.254. The van der Waals surface area contributed by atoms with Crippen molar-refractivity contribution in [3.8, 4) is 0 Å². The maximum atomic E-state index is 12.3. The van der Waals surface area contributed by atoms with Gasteiger partial charge in [-0.3, -0.25) is 0 Å². The van der Waals surface area contributed by atoms with E-state index < -0.39 is 12.4 Å². The lowest BCUT2D eigenvalue weighted by Crippen LogP contribution is -2.20. The first-order chi connectivity index (χ1) is 7.97. The molecular weight excluding hydrogens is 250 g/mol. The fourth-order valence-electron chi connectivity index (χ4n) is 1.16. The summed E-state index contributed by atoms with van der Waals surface area (Å²) < 4.78 is 42.0. The van der Waals surface area contributed by atoms with Gasteiger partial charge in [0.2, 0.25) is 0 Å². The number of rotatable bonds is 4. The normalized spacial score (nSPS) is 11.9. The average molecular weight is 258 g/mol. The highest BCUT2D eigenvalue weighted by Gasteiger charge is 2.26. The van der Waals surface area contributed by atoms with Crippen molar-refractivity contribution in [2.45, 2.75) is 5.22 Å². The largest absolute Gasteiger partial charge is 0.505 e. The minimum Gasteiger partial charge on any atom is -0.445 e. The number of nitrogens with zero attached hydrogens (tertiary/aromatic N) is 1. The van der Waals surface area contributed by atoms with Crippen molar-refractivity contribution in [2.75, 3.05) is 5.75 Å². The van der Waals surface area contributed by atoms with E-state index in [2.05, 4.69) is 11.6 Å². The summed E-state index contributed by atoms with van der Waals surface area (Å²) >= 11 is 0.899. The number of halogens is 3. The Morgan fingerprint density at radius 3 is 2.71 bits per heavy atom. The minimum atomic E-state index is -4.98. The molecule has 17 heavy (non-hydrogen) atoms. The molecule has 2 rings (SSSR count). The highest BCUT2D eigenvalue weighted by atomic mass is 32.2. The van der Waals surface area contributed by atoms with E-state index in [0.29, 0.717) is 11.1 Å². The zero-order valence-electron chi connectivity index (χ0n) is 8.70. The average Bonchev–Trinajstić information content (AvgIpc) is 2.66. The van der Waals surface area contributed by atoms with Crippen LogP contribution in [-0.2, 0) is 0 Å². The Morgan fingerprint density at radius 2 is 2.06 bits per heavy atom. The molecule has 1 aromatic carbocycles. The lowest BCUT2D eigenvalue weighted by molar-refractivity contribution is 0.487. The van der Waals surface area contributed by atoms with Gasteiger partial charge in [-0.15, -0.1) is 12.1 Å². The quantitative estimate of drug-likeness (QED) is 0.615. The van der Waals surface area contributed by atoms with Crippen LogP contribution in [-0.4, -0.2) is 17.7 Å². The Balaban J connectivity index is 2.07. The van der Waals surface area contributed by atoms with Crippen molar-refractivity contribution in [3.63, 3.8) is 0 Å². The molecule has 0 fully saturated rings. The molecule has 0 atom stereocenters. The third-order valence-electron chi connectivity index (χ3n) is 2.12. The third-order valence-corrected chi connectivity index (χ3v) is 3.05. The van der Waals surface area contributed by atoms with Crippen LogP contribution >= 0.6 is 11.8 Å². The van der Waals surface area contributed by atoms with Gasteiger partial charge in [0.25, 0.3) is 5.22 Å².